The second kappa shape index (κ2) is 4.46. The predicted molar refractivity (Wildman–Crippen MR) is 65.7 cm³/mol. The van der Waals surface area contributed by atoms with Gasteiger partial charge in [-0.1, -0.05) is 15.9 Å². The van der Waals surface area contributed by atoms with E-state index >= 15 is 0 Å². The summed E-state index contributed by atoms with van der Waals surface area (Å²) in [7, 11) is 0. The fourth-order valence-corrected chi connectivity index (χ4v) is 2.09. The number of benzene rings is 1. The summed E-state index contributed by atoms with van der Waals surface area (Å²) in [6, 6.07) is 5.41. The van der Waals surface area contributed by atoms with Crippen LogP contribution in [0.25, 0.3) is 10.9 Å². The zero-order chi connectivity index (χ0) is 12.6. The molecule has 2 aromatic rings. The lowest BCUT2D eigenvalue weighted by molar-refractivity contribution is -0.137. The highest BCUT2D eigenvalue weighted by Crippen LogP contribution is 2.26. The minimum Gasteiger partial charge on any atom is -0.480 e. The number of nitrogens with zero attached hydrogens (tertiary/aromatic N) is 2. The molecule has 1 heterocycles. The van der Waals surface area contributed by atoms with E-state index in [2.05, 4.69) is 21.0 Å². The summed E-state index contributed by atoms with van der Waals surface area (Å²) in [5.41, 5.74) is 1.19. The van der Waals surface area contributed by atoms with Crippen LogP contribution >= 0.6 is 15.9 Å². The van der Waals surface area contributed by atoms with Crippen molar-refractivity contribution in [3.05, 3.63) is 28.4 Å². The third-order valence-corrected chi connectivity index (χ3v) is 2.92. The van der Waals surface area contributed by atoms with E-state index in [1.807, 2.05) is 12.1 Å². The lowest BCUT2D eigenvalue weighted by atomic mass is 10.1. The fraction of sp³-hybridized carbons (Fsp3) is 0.273. The largest absolute Gasteiger partial charge is 0.480 e. The first-order valence-corrected chi connectivity index (χ1v) is 5.84. The summed E-state index contributed by atoms with van der Waals surface area (Å²) in [5.74, 6) is -0.963. The van der Waals surface area contributed by atoms with Gasteiger partial charge in [0.15, 0.2) is 0 Å². The molecule has 0 radical (unpaired) electrons. The summed E-state index contributed by atoms with van der Waals surface area (Å²) < 4.78 is 2.24. The normalized spacial score (nSPS) is 12.9. The molecule has 2 N–H and O–H groups in total. The zero-order valence-corrected chi connectivity index (χ0v) is 10.7. The first-order chi connectivity index (χ1) is 7.99. The van der Waals surface area contributed by atoms with Gasteiger partial charge in [0.25, 0.3) is 0 Å². The van der Waals surface area contributed by atoms with Crippen molar-refractivity contribution in [2.45, 2.75) is 19.6 Å². The van der Waals surface area contributed by atoms with Crippen LogP contribution in [0.1, 0.15) is 18.7 Å². The van der Waals surface area contributed by atoms with Crippen LogP contribution in [-0.4, -0.2) is 26.0 Å². The van der Waals surface area contributed by atoms with Crippen molar-refractivity contribution in [1.82, 2.24) is 9.78 Å². The third-order valence-electron chi connectivity index (χ3n) is 2.42. The molecule has 1 atom stereocenters. The second-order valence-corrected chi connectivity index (χ2v) is 4.69. The number of fused-ring (bicyclic) bond motifs is 1. The van der Waals surface area contributed by atoms with Gasteiger partial charge in [0.05, 0.1) is 17.3 Å². The van der Waals surface area contributed by atoms with Gasteiger partial charge in [-0.25, -0.2) is 0 Å². The predicted octanol–water partition coefficient (Wildman–Crippen LogP) is 1.94. The Bertz CT molecular complexity index is 577. The van der Waals surface area contributed by atoms with Crippen LogP contribution in [-0.2, 0) is 11.3 Å². The molecule has 0 fully saturated rings. The van der Waals surface area contributed by atoms with Crippen LogP contribution in [0.3, 0.4) is 0 Å². The maximum Gasteiger partial charge on any atom is 0.325 e. The summed E-state index contributed by atoms with van der Waals surface area (Å²) in [4.78, 5) is 10.7. The Hall–Kier alpha value is -1.40. The van der Waals surface area contributed by atoms with Crippen LogP contribution in [0.4, 0.5) is 0 Å². The minimum atomic E-state index is -0.963. The van der Waals surface area contributed by atoms with Crippen molar-refractivity contribution in [2.24, 2.45) is 0 Å². The molecule has 17 heavy (non-hydrogen) atoms. The molecule has 5 nitrogen and oxygen atoms in total. The van der Waals surface area contributed by atoms with E-state index in [4.69, 9.17) is 5.11 Å². The van der Waals surface area contributed by atoms with Gasteiger partial charge in [-0.3, -0.25) is 9.48 Å². The van der Waals surface area contributed by atoms with Gasteiger partial charge >= 0.3 is 5.97 Å². The Morgan fingerprint density at radius 2 is 2.29 bits per heavy atom. The second-order valence-electron chi connectivity index (χ2n) is 3.77. The monoisotopic (exact) mass is 298 g/mol. The molecule has 0 bridgehead atoms. The maximum absolute atomic E-state index is 10.7. The Kier molecular flexibility index (Phi) is 3.17. The van der Waals surface area contributed by atoms with Crippen LogP contribution < -0.4 is 0 Å². The lowest BCUT2D eigenvalue weighted by Gasteiger charge is -1.99. The zero-order valence-electron chi connectivity index (χ0n) is 9.09. The summed E-state index contributed by atoms with van der Waals surface area (Å²) in [5, 5.41) is 23.3. The summed E-state index contributed by atoms with van der Waals surface area (Å²) in [6.07, 6.45) is -0.734. The number of carboxylic acid groups (broad SMARTS) is 1. The molecule has 0 saturated carbocycles. The number of hydrogen-bond acceptors (Lipinski definition) is 3. The van der Waals surface area contributed by atoms with Crippen molar-refractivity contribution in [3.63, 3.8) is 0 Å². The van der Waals surface area contributed by atoms with Crippen LogP contribution in [0.15, 0.2) is 22.7 Å². The van der Waals surface area contributed by atoms with Gasteiger partial charge in [0.2, 0.25) is 0 Å². The standard InChI is InChI=1S/C11H11BrN2O3/c1-6(15)11-8-4-7(12)2-3-9(8)14(13-11)5-10(16)17/h2-4,6,15H,5H2,1H3,(H,16,17). The van der Waals surface area contributed by atoms with Crippen LogP contribution in [0, 0.1) is 0 Å². The van der Waals surface area contributed by atoms with Crippen molar-refractivity contribution in [2.75, 3.05) is 0 Å². The van der Waals surface area contributed by atoms with Crippen molar-refractivity contribution < 1.29 is 15.0 Å². The van der Waals surface area contributed by atoms with E-state index in [1.54, 1.807) is 13.0 Å². The first-order valence-electron chi connectivity index (χ1n) is 5.05. The highest BCUT2D eigenvalue weighted by atomic mass is 79.9. The Balaban J connectivity index is 2.66. The quantitative estimate of drug-likeness (QED) is 0.908. The van der Waals surface area contributed by atoms with E-state index in [1.165, 1.54) is 4.68 Å². The highest BCUT2D eigenvalue weighted by Gasteiger charge is 2.15. The van der Waals surface area contributed by atoms with E-state index in [0.717, 1.165) is 9.86 Å². The van der Waals surface area contributed by atoms with Crippen LogP contribution in [0.2, 0.25) is 0 Å². The van der Waals surface area contributed by atoms with Crippen molar-refractivity contribution in [3.8, 4) is 0 Å². The number of aliphatic hydroxyl groups excluding tert-OH is 1. The van der Waals surface area contributed by atoms with Crippen molar-refractivity contribution in [1.29, 1.82) is 0 Å². The first kappa shape index (κ1) is 12.1. The molecule has 0 spiro atoms. The molecule has 0 amide bonds. The van der Waals surface area contributed by atoms with E-state index in [-0.39, 0.29) is 6.54 Å². The average Bonchev–Trinajstić information content (AvgIpc) is 2.55. The number of hydrogen-bond donors (Lipinski definition) is 2. The van der Waals surface area contributed by atoms with Gasteiger partial charge in [0.1, 0.15) is 6.54 Å². The summed E-state index contributed by atoms with van der Waals surface area (Å²) in [6.45, 7) is 1.39. The molecular formula is C11H11BrN2O3. The molecule has 6 heteroatoms. The smallest absolute Gasteiger partial charge is 0.325 e. The molecule has 1 unspecified atom stereocenters. The van der Waals surface area contributed by atoms with Gasteiger partial charge in [-0.15, -0.1) is 0 Å². The number of aromatic nitrogens is 2. The van der Waals surface area contributed by atoms with Crippen molar-refractivity contribution >= 4 is 32.8 Å². The van der Waals surface area contributed by atoms with E-state index in [0.29, 0.717) is 11.2 Å². The molecule has 1 aromatic heterocycles. The van der Waals surface area contributed by atoms with Gasteiger partial charge < -0.3 is 10.2 Å². The maximum atomic E-state index is 10.7. The molecule has 1 aromatic carbocycles. The van der Waals surface area contributed by atoms with Gasteiger partial charge in [-0.05, 0) is 25.1 Å². The molecule has 0 aliphatic heterocycles. The molecule has 0 saturated heterocycles. The SMILES string of the molecule is CC(O)c1nn(CC(=O)O)c2ccc(Br)cc12. The number of aliphatic hydroxyl groups is 1. The highest BCUT2D eigenvalue weighted by molar-refractivity contribution is 9.10. The number of halogens is 1. The minimum absolute atomic E-state index is 0.217. The lowest BCUT2D eigenvalue weighted by Crippen LogP contribution is -2.10. The number of rotatable bonds is 3. The summed E-state index contributed by atoms with van der Waals surface area (Å²) >= 11 is 3.34. The Morgan fingerprint density at radius 3 is 2.88 bits per heavy atom. The van der Waals surface area contributed by atoms with Crippen LogP contribution in [0.5, 0.6) is 0 Å². The van der Waals surface area contributed by atoms with Gasteiger partial charge in [0, 0.05) is 9.86 Å². The number of aliphatic carboxylic acids is 1. The molecule has 0 aliphatic carbocycles. The molecular weight excluding hydrogens is 288 g/mol. The number of carboxylic acids is 1. The third kappa shape index (κ3) is 2.32. The number of carbonyl (C=O) groups is 1. The fourth-order valence-electron chi connectivity index (χ4n) is 1.73. The van der Waals surface area contributed by atoms with E-state index < -0.39 is 12.1 Å². The van der Waals surface area contributed by atoms with Gasteiger partial charge in [-0.2, -0.15) is 5.10 Å². The molecule has 2 rings (SSSR count). The molecule has 90 valence electrons. The Labute approximate surface area is 106 Å². The van der Waals surface area contributed by atoms with E-state index in [9.17, 15) is 9.90 Å². The Morgan fingerprint density at radius 1 is 1.59 bits per heavy atom. The topological polar surface area (TPSA) is 75.4 Å². The average molecular weight is 299 g/mol. The molecule has 0 aliphatic rings.